The van der Waals surface area contributed by atoms with Gasteiger partial charge in [0.15, 0.2) is 0 Å². The van der Waals surface area contributed by atoms with Crippen molar-refractivity contribution < 1.29 is 9.90 Å². The van der Waals surface area contributed by atoms with Gasteiger partial charge in [-0.05, 0) is 31.7 Å². The molecule has 74 valence electrons. The molecule has 1 aliphatic carbocycles. The summed E-state index contributed by atoms with van der Waals surface area (Å²) in [6.45, 7) is 4.10. The lowest BCUT2D eigenvalue weighted by molar-refractivity contribution is -0.138. The SMILES string of the molecule is Cc1cc(C)cc([C@@H]2C[C@H]2C(=O)O)c1. The lowest BCUT2D eigenvalue weighted by atomic mass is 10.0. The molecular formula is C12H14O2. The van der Waals surface area contributed by atoms with E-state index in [1.807, 2.05) is 0 Å². The van der Waals surface area contributed by atoms with Crippen LogP contribution in [0.5, 0.6) is 0 Å². The second kappa shape index (κ2) is 3.12. The van der Waals surface area contributed by atoms with Gasteiger partial charge in [0, 0.05) is 0 Å². The Morgan fingerprint density at radius 2 is 1.86 bits per heavy atom. The van der Waals surface area contributed by atoms with Gasteiger partial charge in [-0.3, -0.25) is 4.79 Å². The fourth-order valence-electron chi connectivity index (χ4n) is 2.06. The highest BCUT2D eigenvalue weighted by Gasteiger charge is 2.44. The van der Waals surface area contributed by atoms with Crippen LogP contribution in [0.2, 0.25) is 0 Å². The van der Waals surface area contributed by atoms with Gasteiger partial charge in [-0.15, -0.1) is 0 Å². The van der Waals surface area contributed by atoms with Gasteiger partial charge in [-0.1, -0.05) is 29.3 Å². The van der Waals surface area contributed by atoms with Crippen LogP contribution in [0.4, 0.5) is 0 Å². The van der Waals surface area contributed by atoms with Crippen molar-refractivity contribution in [3.05, 3.63) is 34.9 Å². The van der Waals surface area contributed by atoms with Crippen molar-refractivity contribution >= 4 is 5.97 Å². The minimum Gasteiger partial charge on any atom is -0.481 e. The second-order valence-electron chi connectivity index (χ2n) is 4.21. The number of rotatable bonds is 2. The Balaban J connectivity index is 2.23. The Bertz CT molecular complexity index is 362. The average Bonchev–Trinajstić information content (AvgIpc) is 2.79. The third-order valence-electron chi connectivity index (χ3n) is 2.78. The molecule has 0 unspecified atom stereocenters. The smallest absolute Gasteiger partial charge is 0.307 e. The van der Waals surface area contributed by atoms with Crippen molar-refractivity contribution in [1.82, 2.24) is 0 Å². The molecule has 1 aliphatic rings. The zero-order valence-corrected chi connectivity index (χ0v) is 8.45. The van der Waals surface area contributed by atoms with Crippen LogP contribution in [-0.2, 0) is 4.79 Å². The van der Waals surface area contributed by atoms with Crippen molar-refractivity contribution in [2.24, 2.45) is 5.92 Å². The standard InChI is InChI=1S/C12H14O2/c1-7-3-8(2)5-9(4-7)10-6-11(10)12(13)14/h3-5,10-11H,6H2,1-2H3,(H,13,14)/t10-,11+/m0/s1. The van der Waals surface area contributed by atoms with Crippen molar-refractivity contribution in [2.45, 2.75) is 26.2 Å². The Morgan fingerprint density at radius 1 is 1.29 bits per heavy atom. The van der Waals surface area contributed by atoms with Gasteiger partial charge in [0.2, 0.25) is 0 Å². The van der Waals surface area contributed by atoms with E-state index in [2.05, 4.69) is 32.0 Å². The van der Waals surface area contributed by atoms with Crippen LogP contribution in [0, 0.1) is 19.8 Å². The number of hydrogen-bond donors (Lipinski definition) is 1. The minimum atomic E-state index is -0.658. The molecule has 0 heterocycles. The maximum Gasteiger partial charge on any atom is 0.307 e. The Morgan fingerprint density at radius 3 is 2.29 bits per heavy atom. The van der Waals surface area contributed by atoms with Crippen LogP contribution in [0.15, 0.2) is 18.2 Å². The highest BCUT2D eigenvalue weighted by molar-refractivity contribution is 5.75. The third-order valence-corrected chi connectivity index (χ3v) is 2.78. The zero-order chi connectivity index (χ0) is 10.3. The number of carboxylic acids is 1. The van der Waals surface area contributed by atoms with Crippen LogP contribution < -0.4 is 0 Å². The van der Waals surface area contributed by atoms with Gasteiger partial charge in [0.1, 0.15) is 0 Å². The first-order valence-corrected chi connectivity index (χ1v) is 4.89. The van der Waals surface area contributed by atoms with E-state index in [1.54, 1.807) is 0 Å². The van der Waals surface area contributed by atoms with Crippen LogP contribution in [0.1, 0.15) is 29.0 Å². The molecule has 2 heteroatoms. The van der Waals surface area contributed by atoms with Crippen LogP contribution in [0.25, 0.3) is 0 Å². The Hall–Kier alpha value is -1.31. The third kappa shape index (κ3) is 1.65. The highest BCUT2D eigenvalue weighted by Crippen LogP contribution is 2.47. The fraction of sp³-hybridized carbons (Fsp3) is 0.417. The van der Waals surface area contributed by atoms with Gasteiger partial charge in [0.05, 0.1) is 5.92 Å². The first kappa shape index (κ1) is 9.25. The predicted octanol–water partition coefficient (Wildman–Crippen LogP) is 2.49. The van der Waals surface area contributed by atoms with E-state index in [9.17, 15) is 4.79 Å². The second-order valence-corrected chi connectivity index (χ2v) is 4.21. The van der Waals surface area contributed by atoms with E-state index in [1.165, 1.54) is 16.7 Å². The predicted molar refractivity (Wildman–Crippen MR) is 54.4 cm³/mol. The number of aliphatic carboxylic acids is 1. The largest absolute Gasteiger partial charge is 0.481 e. The summed E-state index contributed by atoms with van der Waals surface area (Å²) in [4.78, 5) is 10.7. The normalized spacial score (nSPS) is 24.7. The summed E-state index contributed by atoms with van der Waals surface area (Å²) in [6, 6.07) is 6.31. The molecule has 0 radical (unpaired) electrons. The van der Waals surface area contributed by atoms with E-state index < -0.39 is 5.97 Å². The number of aryl methyl sites for hydroxylation is 2. The molecule has 1 N–H and O–H groups in total. The van der Waals surface area contributed by atoms with Gasteiger partial charge in [0.25, 0.3) is 0 Å². The Labute approximate surface area is 83.6 Å². The van der Waals surface area contributed by atoms with E-state index in [0.717, 1.165) is 6.42 Å². The quantitative estimate of drug-likeness (QED) is 0.778. The molecule has 0 aromatic heterocycles. The molecule has 0 spiro atoms. The molecule has 2 atom stereocenters. The molecule has 0 amide bonds. The summed E-state index contributed by atoms with van der Waals surface area (Å²) < 4.78 is 0. The molecule has 1 saturated carbocycles. The van der Waals surface area contributed by atoms with Crippen molar-refractivity contribution in [3.63, 3.8) is 0 Å². The topological polar surface area (TPSA) is 37.3 Å². The first-order chi connectivity index (χ1) is 6.58. The number of benzene rings is 1. The number of hydrogen-bond acceptors (Lipinski definition) is 1. The molecule has 0 aliphatic heterocycles. The summed E-state index contributed by atoms with van der Waals surface area (Å²) in [6.07, 6.45) is 0.804. The van der Waals surface area contributed by atoms with Crippen LogP contribution in [0.3, 0.4) is 0 Å². The van der Waals surface area contributed by atoms with Crippen molar-refractivity contribution in [1.29, 1.82) is 0 Å². The van der Waals surface area contributed by atoms with E-state index in [0.29, 0.717) is 0 Å². The number of carboxylic acid groups (broad SMARTS) is 1. The fourth-order valence-corrected chi connectivity index (χ4v) is 2.06. The summed E-state index contributed by atoms with van der Waals surface area (Å²) in [7, 11) is 0. The molecule has 2 nitrogen and oxygen atoms in total. The summed E-state index contributed by atoms with van der Waals surface area (Å²) in [5.41, 5.74) is 3.63. The molecule has 0 bridgehead atoms. The maximum atomic E-state index is 10.7. The van der Waals surface area contributed by atoms with Crippen molar-refractivity contribution in [2.75, 3.05) is 0 Å². The van der Waals surface area contributed by atoms with Gasteiger partial charge < -0.3 is 5.11 Å². The van der Waals surface area contributed by atoms with Crippen LogP contribution in [-0.4, -0.2) is 11.1 Å². The molecule has 1 fully saturated rings. The molecule has 1 aromatic carbocycles. The first-order valence-electron chi connectivity index (χ1n) is 4.89. The molecule has 0 saturated heterocycles. The molecule has 14 heavy (non-hydrogen) atoms. The van der Waals surface area contributed by atoms with Crippen LogP contribution >= 0.6 is 0 Å². The molecule has 1 aromatic rings. The van der Waals surface area contributed by atoms with E-state index in [-0.39, 0.29) is 11.8 Å². The van der Waals surface area contributed by atoms with Crippen molar-refractivity contribution in [3.8, 4) is 0 Å². The molecule has 2 rings (SSSR count). The van der Waals surface area contributed by atoms with E-state index >= 15 is 0 Å². The lowest BCUT2D eigenvalue weighted by Crippen LogP contribution is -1.99. The average molecular weight is 190 g/mol. The van der Waals surface area contributed by atoms with Gasteiger partial charge in [-0.25, -0.2) is 0 Å². The summed E-state index contributed by atoms with van der Waals surface area (Å²) in [5.74, 6) is -0.545. The number of carbonyl (C=O) groups is 1. The monoisotopic (exact) mass is 190 g/mol. The highest BCUT2D eigenvalue weighted by atomic mass is 16.4. The minimum absolute atomic E-state index is 0.142. The van der Waals surface area contributed by atoms with Gasteiger partial charge in [-0.2, -0.15) is 0 Å². The zero-order valence-electron chi connectivity index (χ0n) is 8.45. The van der Waals surface area contributed by atoms with Gasteiger partial charge >= 0.3 is 5.97 Å². The Kier molecular flexibility index (Phi) is 2.06. The molecular weight excluding hydrogens is 176 g/mol. The maximum absolute atomic E-state index is 10.7. The summed E-state index contributed by atoms with van der Waals surface area (Å²) >= 11 is 0. The summed E-state index contributed by atoms with van der Waals surface area (Å²) in [5, 5.41) is 8.82. The lowest BCUT2D eigenvalue weighted by Gasteiger charge is -2.03. The van der Waals surface area contributed by atoms with E-state index in [4.69, 9.17) is 5.11 Å².